The summed E-state index contributed by atoms with van der Waals surface area (Å²) in [7, 11) is 0. The van der Waals surface area contributed by atoms with Gasteiger partial charge in [-0.15, -0.1) is 5.10 Å². The number of nitrogens with zero attached hydrogens (tertiary/aromatic N) is 6. The number of amides is 1. The van der Waals surface area contributed by atoms with Gasteiger partial charge in [0.05, 0.1) is 16.7 Å². The number of aryl methyl sites for hydroxylation is 1. The predicted octanol–water partition coefficient (Wildman–Crippen LogP) is 3.56. The quantitative estimate of drug-likeness (QED) is 0.502. The average molecular weight is 395 g/mol. The van der Waals surface area contributed by atoms with Crippen LogP contribution in [0.5, 0.6) is 0 Å². The molecule has 0 bridgehead atoms. The third-order valence-corrected chi connectivity index (χ3v) is 4.91. The van der Waals surface area contributed by atoms with Gasteiger partial charge in [0.2, 0.25) is 0 Å². The van der Waals surface area contributed by atoms with E-state index in [0.717, 1.165) is 33.7 Å². The first-order valence-corrected chi connectivity index (χ1v) is 9.37. The lowest BCUT2D eigenvalue weighted by Gasteiger charge is -2.10. The number of hydrogen-bond donors (Lipinski definition) is 1. The molecule has 0 atom stereocenters. The zero-order chi connectivity index (χ0) is 20.5. The number of tetrazole rings is 1. The Morgan fingerprint density at radius 3 is 2.57 bits per heavy atom. The molecule has 0 aliphatic heterocycles. The molecule has 0 aliphatic rings. The number of aromatic nitrogens is 6. The Morgan fingerprint density at radius 1 is 0.967 bits per heavy atom. The monoisotopic (exact) mass is 395 g/mol. The number of anilines is 1. The minimum Gasteiger partial charge on any atom is -0.322 e. The fraction of sp³-hybridized carbons (Fsp3) is 0.0455. The van der Waals surface area contributed by atoms with Crippen molar-refractivity contribution in [2.75, 3.05) is 5.32 Å². The van der Waals surface area contributed by atoms with Crippen LogP contribution in [-0.4, -0.2) is 35.7 Å². The van der Waals surface area contributed by atoms with Gasteiger partial charge in [0, 0.05) is 16.9 Å². The molecule has 5 aromatic rings. The summed E-state index contributed by atoms with van der Waals surface area (Å²) in [5.41, 5.74) is 5.96. The van der Waals surface area contributed by atoms with Gasteiger partial charge in [-0.25, -0.2) is 9.67 Å². The standard InChI is InChI=1S/C22H17N7O/c1-15-12-16(6-11-20(15)29-14-24-26-27-29)22(30)25-17-7-9-18(10-8-17)28-13-23-19-4-2-3-5-21(19)28/h2-14H,1H3,(H,25,30). The summed E-state index contributed by atoms with van der Waals surface area (Å²) in [5.74, 6) is -0.179. The molecule has 3 aromatic carbocycles. The topological polar surface area (TPSA) is 90.5 Å². The Hall–Kier alpha value is -4.33. The maximum atomic E-state index is 12.7. The molecule has 0 saturated heterocycles. The molecule has 2 heterocycles. The molecular weight excluding hydrogens is 378 g/mol. The second-order valence-corrected chi connectivity index (χ2v) is 6.86. The van der Waals surface area contributed by atoms with Crippen LogP contribution in [0.3, 0.4) is 0 Å². The molecule has 0 saturated carbocycles. The number of benzene rings is 3. The molecule has 0 fully saturated rings. The van der Waals surface area contributed by atoms with Crippen molar-refractivity contribution in [1.82, 2.24) is 29.8 Å². The Balaban J connectivity index is 1.35. The molecule has 8 heteroatoms. The van der Waals surface area contributed by atoms with E-state index >= 15 is 0 Å². The van der Waals surface area contributed by atoms with Crippen LogP contribution in [0.25, 0.3) is 22.4 Å². The van der Waals surface area contributed by atoms with E-state index in [1.807, 2.05) is 72.2 Å². The summed E-state index contributed by atoms with van der Waals surface area (Å²) in [6.45, 7) is 1.91. The summed E-state index contributed by atoms with van der Waals surface area (Å²) in [5, 5.41) is 14.1. The van der Waals surface area contributed by atoms with Crippen LogP contribution in [-0.2, 0) is 0 Å². The van der Waals surface area contributed by atoms with Gasteiger partial charge >= 0.3 is 0 Å². The molecule has 8 nitrogen and oxygen atoms in total. The number of nitrogens with one attached hydrogen (secondary N) is 1. The van der Waals surface area contributed by atoms with Gasteiger partial charge in [-0.05, 0) is 77.5 Å². The Morgan fingerprint density at radius 2 is 1.80 bits per heavy atom. The van der Waals surface area contributed by atoms with Crippen LogP contribution in [0.15, 0.2) is 79.4 Å². The fourth-order valence-electron chi connectivity index (χ4n) is 3.40. The molecular formula is C22H17N7O. The molecule has 0 spiro atoms. The zero-order valence-electron chi connectivity index (χ0n) is 16.1. The van der Waals surface area contributed by atoms with Crippen LogP contribution in [0.2, 0.25) is 0 Å². The lowest BCUT2D eigenvalue weighted by molar-refractivity contribution is 0.102. The van der Waals surface area contributed by atoms with E-state index in [9.17, 15) is 4.79 Å². The molecule has 1 amide bonds. The number of rotatable bonds is 4. The minimum atomic E-state index is -0.179. The van der Waals surface area contributed by atoms with Gasteiger partial charge in [-0.2, -0.15) is 0 Å². The highest BCUT2D eigenvalue weighted by atomic mass is 16.1. The normalized spacial score (nSPS) is 11.0. The van der Waals surface area contributed by atoms with E-state index in [1.54, 1.807) is 17.1 Å². The first-order chi connectivity index (χ1) is 14.7. The average Bonchev–Trinajstić information content (AvgIpc) is 3.44. The van der Waals surface area contributed by atoms with Gasteiger partial charge in [-0.1, -0.05) is 12.1 Å². The first-order valence-electron chi connectivity index (χ1n) is 9.37. The van der Waals surface area contributed by atoms with Gasteiger partial charge < -0.3 is 5.32 Å². The third kappa shape index (κ3) is 3.20. The molecule has 0 aliphatic carbocycles. The maximum Gasteiger partial charge on any atom is 0.255 e. The molecule has 146 valence electrons. The SMILES string of the molecule is Cc1cc(C(=O)Nc2ccc(-n3cnc4ccccc43)cc2)ccc1-n1cnnn1. The summed E-state index contributed by atoms with van der Waals surface area (Å²) < 4.78 is 3.58. The van der Waals surface area contributed by atoms with Crippen molar-refractivity contribution in [3.05, 3.63) is 90.5 Å². The second-order valence-electron chi connectivity index (χ2n) is 6.86. The lowest BCUT2D eigenvalue weighted by atomic mass is 10.1. The lowest BCUT2D eigenvalue weighted by Crippen LogP contribution is -2.12. The van der Waals surface area contributed by atoms with E-state index in [1.165, 1.54) is 6.33 Å². The highest BCUT2D eigenvalue weighted by Crippen LogP contribution is 2.20. The largest absolute Gasteiger partial charge is 0.322 e. The van der Waals surface area contributed by atoms with Crippen molar-refractivity contribution >= 4 is 22.6 Å². The number of carbonyl (C=O) groups is 1. The number of carbonyl (C=O) groups excluding carboxylic acids is 1. The van der Waals surface area contributed by atoms with Crippen molar-refractivity contribution in [2.45, 2.75) is 6.92 Å². The molecule has 2 aromatic heterocycles. The van der Waals surface area contributed by atoms with E-state index in [-0.39, 0.29) is 5.91 Å². The van der Waals surface area contributed by atoms with Crippen LogP contribution >= 0.6 is 0 Å². The van der Waals surface area contributed by atoms with Crippen LogP contribution in [0, 0.1) is 6.92 Å². The van der Waals surface area contributed by atoms with Gasteiger partial charge in [0.25, 0.3) is 5.91 Å². The molecule has 30 heavy (non-hydrogen) atoms. The van der Waals surface area contributed by atoms with Crippen molar-refractivity contribution in [3.8, 4) is 11.4 Å². The number of fused-ring (bicyclic) bond motifs is 1. The fourth-order valence-corrected chi connectivity index (χ4v) is 3.40. The zero-order valence-corrected chi connectivity index (χ0v) is 16.1. The second kappa shape index (κ2) is 7.25. The van der Waals surface area contributed by atoms with E-state index in [2.05, 4.69) is 25.8 Å². The van der Waals surface area contributed by atoms with Gasteiger partial charge in [-0.3, -0.25) is 9.36 Å². The highest BCUT2D eigenvalue weighted by Gasteiger charge is 2.10. The summed E-state index contributed by atoms with van der Waals surface area (Å²) in [6.07, 6.45) is 3.32. The number of hydrogen-bond acceptors (Lipinski definition) is 5. The smallest absolute Gasteiger partial charge is 0.255 e. The van der Waals surface area contributed by atoms with Crippen LogP contribution in [0.4, 0.5) is 5.69 Å². The van der Waals surface area contributed by atoms with Gasteiger partial charge in [0.15, 0.2) is 0 Å². The Kier molecular flexibility index (Phi) is 4.29. The van der Waals surface area contributed by atoms with Crippen molar-refractivity contribution in [1.29, 1.82) is 0 Å². The summed E-state index contributed by atoms with van der Waals surface area (Å²) >= 11 is 0. The summed E-state index contributed by atoms with van der Waals surface area (Å²) in [4.78, 5) is 17.1. The Bertz CT molecular complexity index is 1340. The van der Waals surface area contributed by atoms with E-state index in [4.69, 9.17) is 0 Å². The molecule has 1 N–H and O–H groups in total. The molecule has 5 rings (SSSR count). The summed E-state index contributed by atoms with van der Waals surface area (Å²) in [6, 6.07) is 21.0. The number of imidazole rings is 1. The van der Waals surface area contributed by atoms with E-state index in [0.29, 0.717) is 5.56 Å². The third-order valence-electron chi connectivity index (χ3n) is 4.91. The van der Waals surface area contributed by atoms with Crippen molar-refractivity contribution in [2.24, 2.45) is 0 Å². The van der Waals surface area contributed by atoms with Crippen LogP contribution < -0.4 is 5.32 Å². The Labute approximate surface area is 171 Å². The number of para-hydroxylation sites is 2. The first kappa shape index (κ1) is 17.7. The van der Waals surface area contributed by atoms with Crippen LogP contribution in [0.1, 0.15) is 15.9 Å². The molecule has 0 radical (unpaired) electrons. The van der Waals surface area contributed by atoms with Gasteiger partial charge in [0.1, 0.15) is 12.7 Å². The molecule has 0 unspecified atom stereocenters. The maximum absolute atomic E-state index is 12.7. The van der Waals surface area contributed by atoms with Crippen molar-refractivity contribution in [3.63, 3.8) is 0 Å². The minimum absolute atomic E-state index is 0.179. The highest BCUT2D eigenvalue weighted by molar-refractivity contribution is 6.04. The van der Waals surface area contributed by atoms with E-state index < -0.39 is 0 Å². The van der Waals surface area contributed by atoms with Crippen molar-refractivity contribution < 1.29 is 4.79 Å². The predicted molar refractivity (Wildman–Crippen MR) is 113 cm³/mol.